The molecule has 0 bridgehead atoms. The normalized spacial score (nSPS) is 16.6. The van der Waals surface area contributed by atoms with E-state index in [-0.39, 0.29) is 120 Å². The molecule has 6 rings (SSSR count). The highest BCUT2D eigenvalue weighted by molar-refractivity contribution is 8.77. The first kappa shape index (κ1) is 82.0. The molecule has 2 aliphatic rings. The van der Waals surface area contributed by atoms with E-state index in [9.17, 15) is 73.6 Å². The Kier molecular flexibility index (Phi) is 30.9. The van der Waals surface area contributed by atoms with E-state index in [2.05, 4.69) is 48.0 Å². The number of rotatable bonds is 38. The lowest BCUT2D eigenvalue weighted by molar-refractivity contribution is -0.0510. The molecule has 3 heterocycles. The van der Waals surface area contributed by atoms with Crippen molar-refractivity contribution >= 4 is 134 Å². The maximum atomic E-state index is 13.4. The monoisotopic (exact) mass is 1570 g/mol. The van der Waals surface area contributed by atoms with Crippen molar-refractivity contribution in [3.05, 3.63) is 97.4 Å². The van der Waals surface area contributed by atoms with Gasteiger partial charge in [-0.05, 0) is 97.7 Å². The lowest BCUT2D eigenvalue weighted by Gasteiger charge is -2.25. The summed E-state index contributed by atoms with van der Waals surface area (Å²) in [5.74, 6) is 2.07. The molecular weight excluding hydrogens is 1500 g/mol. The molecule has 99 heavy (non-hydrogen) atoms. The van der Waals surface area contributed by atoms with Gasteiger partial charge < -0.3 is 89.6 Å². The second-order valence-electron chi connectivity index (χ2n) is 21.2. The molecule has 0 radical (unpaired) electrons. The number of hydrogen-bond donors (Lipinski definition) is 11. The van der Waals surface area contributed by atoms with Crippen LogP contribution < -0.4 is 48.3 Å². The van der Waals surface area contributed by atoms with E-state index in [4.69, 9.17) is 74.9 Å². The number of nitrogens with zero attached hydrogens (tertiary/aromatic N) is 2. The Hall–Kier alpha value is -5.94. The Morgan fingerprint density at radius 2 is 1.56 bits per heavy atom. The van der Waals surface area contributed by atoms with E-state index in [0.29, 0.717) is 31.8 Å². The van der Waals surface area contributed by atoms with Crippen molar-refractivity contribution in [3.63, 3.8) is 0 Å². The Bertz CT molecular complexity index is 4270. The Morgan fingerprint density at radius 1 is 0.889 bits per heavy atom. The summed E-state index contributed by atoms with van der Waals surface area (Å²) >= 11 is 5.18. The number of nitrogen functional groups attached to an aromatic ring is 2. The SMILES string of the molecule is C=c1ccc2c(c1S(=O)(=O)O)Oc1c(ccc(N)c1S(=O)(=O)O)C=2c1cc(C(=O)NCCOCCOCCNC(=O)OCCC(C)(C)SSCOCCCCOC(=O)NCC#Cc2cn([C@H]3C[C@H](OCS(C)=S)[C@@H](CO[PH](=O)OP(=O)(O)OP(=O)(O)O)O3)c(=O)nc2N)ccc1C(=O)O. The van der Waals surface area contributed by atoms with Crippen LogP contribution in [0.15, 0.2) is 63.2 Å². The maximum absolute atomic E-state index is 13.4. The Balaban J connectivity index is 0.808. The minimum absolute atomic E-state index is 0.000445. The molecule has 0 saturated carbocycles. The van der Waals surface area contributed by atoms with Crippen molar-refractivity contribution in [2.45, 2.75) is 72.5 Å². The molecule has 3 aromatic carbocycles. The van der Waals surface area contributed by atoms with Gasteiger partial charge in [0.1, 0.15) is 29.0 Å². The number of amides is 3. The largest absolute Gasteiger partial charge is 0.488 e. The fourth-order valence-electron chi connectivity index (χ4n) is 8.95. The molecule has 3 unspecified atom stereocenters. The zero-order chi connectivity index (χ0) is 73.0. The lowest BCUT2D eigenvalue weighted by Crippen LogP contribution is -2.30. The average Bonchev–Trinajstić information content (AvgIpc) is 1.64. The quantitative estimate of drug-likeness (QED) is 0.00515. The van der Waals surface area contributed by atoms with Crippen LogP contribution in [-0.4, -0.2) is 187 Å². The van der Waals surface area contributed by atoms with Gasteiger partial charge in [-0.15, -0.1) is 0 Å². The fraction of sp³-hybridized carbons (Fsp3) is 0.444. The van der Waals surface area contributed by atoms with Crippen molar-refractivity contribution in [3.8, 4) is 23.3 Å². The van der Waals surface area contributed by atoms with E-state index >= 15 is 0 Å². The third-order valence-corrected chi connectivity index (χ3v) is 22.6. The number of nitrogens with two attached hydrogens (primary N) is 2. The molecule has 6 atom stereocenters. The molecule has 3 amide bonds. The first-order valence-electron chi connectivity index (χ1n) is 28.8. The standard InChI is InChI=1S/C54H70N7O29P3S6/c1-32-9-11-36-43(37-13-14-39(55)47(99(77,78)79)45(37)88-44(36)46(32)98(74,75)76)38-26-33(10-12-35(38)50(63)64)49(62)57-17-22-80-24-25-81-23-18-59-53(67)84-21-15-54(2,3)96-95-30-82-19-5-6-20-83-52(66)58-16-7-8-34-28-61(51(65)60-48(34)56)42-27-40(85-31-97(4)94)41(87-42)29-86-91(68)89-93(72,73)90-92(69,70)71/h9-14,26,28,40-42,91H,1,5-6,15-25,27,29-31,55H2,2-4H3,(H,57,62)(H,58,66)(H,59,67)(H,63,64)(H,72,73)(H2,56,60,65)(H2,69,70,71)(H,74,75,76)(H,77,78,79)/t40-,41+,42+,97?/m0/s1. The number of benzene rings is 3. The zero-order valence-electron chi connectivity index (χ0n) is 52.5. The molecule has 1 aromatic heterocycles. The molecule has 0 aliphatic carbocycles. The molecular formula is C54H70N7O29P3S6. The van der Waals surface area contributed by atoms with E-state index in [1.165, 1.54) is 47.3 Å². The van der Waals surface area contributed by atoms with Crippen LogP contribution in [0.2, 0.25) is 0 Å². The average molecular weight is 1570 g/mol. The minimum atomic E-state index is -5.50. The summed E-state index contributed by atoms with van der Waals surface area (Å²) in [6.45, 7) is 7.89. The first-order chi connectivity index (χ1) is 46.4. The van der Waals surface area contributed by atoms with Crippen LogP contribution in [0, 0.1) is 11.8 Å². The van der Waals surface area contributed by atoms with Crippen LogP contribution in [0.1, 0.15) is 83.2 Å². The van der Waals surface area contributed by atoms with Gasteiger partial charge in [0.05, 0.1) is 81.7 Å². The summed E-state index contributed by atoms with van der Waals surface area (Å²) in [7, 11) is -22.8. The summed E-state index contributed by atoms with van der Waals surface area (Å²) in [4.78, 5) is 92.5. The number of ether oxygens (including phenoxy) is 8. The predicted molar refractivity (Wildman–Crippen MR) is 361 cm³/mol. The Morgan fingerprint density at radius 3 is 2.22 bits per heavy atom. The van der Waals surface area contributed by atoms with Gasteiger partial charge in [0.25, 0.3) is 26.1 Å². The number of anilines is 2. The number of phosphoric acid groups is 2. The van der Waals surface area contributed by atoms with E-state index in [0.717, 1.165) is 16.7 Å². The van der Waals surface area contributed by atoms with Crippen LogP contribution in [-0.2, 0) is 101 Å². The summed E-state index contributed by atoms with van der Waals surface area (Å²) in [6.07, 6.45) is 0.213. The number of carboxylic acids is 1. The van der Waals surface area contributed by atoms with E-state index in [1.54, 1.807) is 17.0 Å². The number of carboxylic acid groups (broad SMARTS) is 1. The molecule has 1 fully saturated rings. The van der Waals surface area contributed by atoms with Gasteiger partial charge in [0.2, 0.25) is 0 Å². The number of fused-ring (bicyclic) bond motifs is 2. The second-order valence-corrected chi connectivity index (χ2v) is 34.1. The van der Waals surface area contributed by atoms with Crippen molar-refractivity contribution in [1.82, 2.24) is 25.5 Å². The lowest BCUT2D eigenvalue weighted by atomic mass is 9.88. The van der Waals surface area contributed by atoms with E-state index < -0.39 is 141 Å². The molecule has 45 heteroatoms. The number of aromatic carboxylic acids is 1. The predicted octanol–water partition coefficient (Wildman–Crippen LogP) is 2.91. The minimum Gasteiger partial charge on any atom is -0.478 e. The molecule has 1 saturated heterocycles. The summed E-state index contributed by atoms with van der Waals surface area (Å²) in [5, 5.41) is 17.5. The van der Waals surface area contributed by atoms with Gasteiger partial charge in [-0.3, -0.25) is 23.0 Å². The number of alkyl carbamates (subject to hydrolysis) is 2. The highest BCUT2D eigenvalue weighted by Gasteiger charge is 2.41. The van der Waals surface area contributed by atoms with Crippen LogP contribution in [0.3, 0.4) is 0 Å². The third-order valence-electron chi connectivity index (χ3n) is 13.3. The van der Waals surface area contributed by atoms with Crippen molar-refractivity contribution in [1.29, 1.82) is 0 Å². The van der Waals surface area contributed by atoms with Crippen LogP contribution in [0.25, 0.3) is 12.2 Å². The number of aromatic nitrogens is 2. The van der Waals surface area contributed by atoms with Gasteiger partial charge in [0, 0.05) is 59.0 Å². The van der Waals surface area contributed by atoms with Crippen molar-refractivity contribution in [2.24, 2.45) is 0 Å². The molecule has 0 spiro atoms. The Labute approximate surface area is 581 Å². The summed E-state index contributed by atoms with van der Waals surface area (Å²) in [5.41, 5.74) is 9.55. The van der Waals surface area contributed by atoms with Crippen LogP contribution in [0.4, 0.5) is 21.1 Å². The van der Waals surface area contributed by atoms with Crippen molar-refractivity contribution in [2.75, 3.05) is 102 Å². The van der Waals surface area contributed by atoms with Crippen LogP contribution >= 0.6 is 45.5 Å². The maximum Gasteiger partial charge on any atom is 0.488 e. The number of carbonyl (C=O) groups excluding carboxylic acids is 3. The molecule has 2 aliphatic heterocycles. The smallest absolute Gasteiger partial charge is 0.478 e. The molecule has 13 N–H and O–H groups in total. The number of carbonyl (C=O) groups is 4. The van der Waals surface area contributed by atoms with Crippen LogP contribution in [0.5, 0.6) is 11.5 Å². The van der Waals surface area contributed by atoms with Crippen molar-refractivity contribution < 1.29 is 130 Å². The highest BCUT2D eigenvalue weighted by atomic mass is 33.1. The van der Waals surface area contributed by atoms with E-state index in [1.807, 2.05) is 13.8 Å². The first-order valence-corrected chi connectivity index (χ1v) is 41.0. The third kappa shape index (κ3) is 25.8. The number of hydrogen-bond acceptors (Lipinski definition) is 29. The topological polar surface area (TPSA) is 534 Å². The number of unbranched alkanes of at least 4 members (excludes halogenated alkanes) is 1. The fourth-order valence-corrected chi connectivity index (χ4v) is 16.1. The summed E-state index contributed by atoms with van der Waals surface area (Å²) in [6, 6.07) is 8.31. The molecule has 546 valence electrons. The highest BCUT2D eigenvalue weighted by Crippen LogP contribution is 2.62. The van der Waals surface area contributed by atoms with Gasteiger partial charge in [-0.2, -0.15) is 26.1 Å². The summed E-state index contributed by atoms with van der Waals surface area (Å²) < 4.78 is 164. The zero-order valence-corrected chi connectivity index (χ0v) is 60.2. The van der Waals surface area contributed by atoms with Gasteiger partial charge in [-0.1, -0.05) is 55.5 Å². The van der Waals surface area contributed by atoms with Gasteiger partial charge >= 0.3 is 47.7 Å². The number of nitrogens with one attached hydrogen (secondary N) is 3. The second kappa shape index (κ2) is 37.3. The van der Waals surface area contributed by atoms with Gasteiger partial charge in [0.15, 0.2) is 16.4 Å². The molecule has 4 aromatic rings. The molecule has 36 nitrogen and oxygen atoms in total. The van der Waals surface area contributed by atoms with Gasteiger partial charge in [-0.25, -0.2) is 32.6 Å².